The van der Waals surface area contributed by atoms with E-state index in [0.717, 1.165) is 5.69 Å². The molecule has 1 aromatic rings. The third-order valence-electron chi connectivity index (χ3n) is 1.10. The first-order chi connectivity index (χ1) is 4.83. The lowest BCUT2D eigenvalue weighted by Gasteiger charge is -1.87. The second-order valence-corrected chi connectivity index (χ2v) is 1.95. The Kier molecular flexibility index (Phi) is 1.92. The third kappa shape index (κ3) is 1.50. The Balaban J connectivity index is 3.06. The molecule has 0 unspecified atom stereocenters. The van der Waals surface area contributed by atoms with Crippen molar-refractivity contribution in [3.8, 4) is 0 Å². The van der Waals surface area contributed by atoms with E-state index in [1.807, 2.05) is 19.1 Å². The number of hydrogen-bond donors (Lipinski definition) is 0. The molecule has 3 nitrogen and oxygen atoms in total. The molecule has 10 heavy (non-hydrogen) atoms. The van der Waals surface area contributed by atoms with E-state index in [1.54, 1.807) is 6.07 Å². The minimum atomic E-state index is 0.669. The zero-order valence-electron chi connectivity index (χ0n) is 5.65. The lowest BCUT2D eigenvalue weighted by molar-refractivity contribution is 0.00425. The van der Waals surface area contributed by atoms with Crippen molar-refractivity contribution in [3.05, 3.63) is 35.1 Å². The molecular formula is C7H7N3. The summed E-state index contributed by atoms with van der Waals surface area (Å²) in [5.74, 6) is 0. The van der Waals surface area contributed by atoms with Gasteiger partial charge in [-0.1, -0.05) is 6.07 Å². The molecular weight excluding hydrogens is 126 g/mol. The van der Waals surface area contributed by atoms with Gasteiger partial charge in [0, 0.05) is 5.69 Å². The van der Waals surface area contributed by atoms with Crippen molar-refractivity contribution in [1.82, 2.24) is 4.98 Å². The van der Waals surface area contributed by atoms with Crippen LogP contribution < -0.4 is 0 Å². The van der Waals surface area contributed by atoms with Gasteiger partial charge in [-0.2, -0.15) is 4.79 Å². The van der Waals surface area contributed by atoms with Crippen LogP contribution in [0, 0.1) is 6.92 Å². The van der Waals surface area contributed by atoms with Crippen molar-refractivity contribution in [3.63, 3.8) is 0 Å². The monoisotopic (exact) mass is 133 g/mol. The molecule has 0 amide bonds. The lowest BCUT2D eigenvalue weighted by Crippen LogP contribution is -1.88. The Morgan fingerprint density at radius 2 is 2.40 bits per heavy atom. The van der Waals surface area contributed by atoms with Crippen LogP contribution in [0.25, 0.3) is 5.53 Å². The number of hydrogen-bond acceptors (Lipinski definition) is 1. The zero-order chi connectivity index (χ0) is 7.40. The smallest absolute Gasteiger partial charge is 0.305 e. The Morgan fingerprint density at radius 1 is 1.60 bits per heavy atom. The Morgan fingerprint density at radius 3 is 3.00 bits per heavy atom. The van der Waals surface area contributed by atoms with Crippen LogP contribution in [0.4, 0.5) is 0 Å². The predicted molar refractivity (Wildman–Crippen MR) is 37.8 cm³/mol. The maximum absolute atomic E-state index is 8.14. The molecule has 0 N–H and O–H groups in total. The van der Waals surface area contributed by atoms with Gasteiger partial charge in [-0.05, 0) is 19.1 Å². The largest absolute Gasteiger partial charge is 0.361 e. The molecule has 3 heteroatoms. The SMILES string of the molecule is Cc1cccc(C=[N+]=[N-])n1. The van der Waals surface area contributed by atoms with Gasteiger partial charge in [-0.15, -0.1) is 0 Å². The molecule has 0 radical (unpaired) electrons. The quantitative estimate of drug-likeness (QED) is 0.321. The van der Waals surface area contributed by atoms with Gasteiger partial charge in [0.2, 0.25) is 0 Å². The van der Waals surface area contributed by atoms with E-state index >= 15 is 0 Å². The summed E-state index contributed by atoms with van der Waals surface area (Å²) in [5.41, 5.74) is 9.72. The molecule has 0 saturated heterocycles. The number of aromatic nitrogens is 1. The van der Waals surface area contributed by atoms with E-state index in [0.29, 0.717) is 5.69 Å². The Bertz CT molecular complexity index is 274. The molecule has 0 aliphatic rings. The maximum atomic E-state index is 8.14. The van der Waals surface area contributed by atoms with Gasteiger partial charge in [-0.25, -0.2) is 4.98 Å². The predicted octanol–water partition coefficient (Wildman–Crippen LogP) is 1.04. The second kappa shape index (κ2) is 2.90. The number of pyridine rings is 1. The van der Waals surface area contributed by atoms with Crippen LogP contribution in [0.3, 0.4) is 0 Å². The van der Waals surface area contributed by atoms with Gasteiger partial charge >= 0.3 is 6.21 Å². The molecule has 0 saturated carbocycles. The van der Waals surface area contributed by atoms with Gasteiger partial charge in [0.15, 0.2) is 0 Å². The van der Waals surface area contributed by atoms with Crippen molar-refractivity contribution in [2.75, 3.05) is 0 Å². The summed E-state index contributed by atoms with van der Waals surface area (Å²) in [7, 11) is 0. The minimum absolute atomic E-state index is 0.669. The minimum Gasteiger partial charge on any atom is -0.361 e. The average molecular weight is 133 g/mol. The average Bonchev–Trinajstić information content (AvgIpc) is 1.88. The van der Waals surface area contributed by atoms with Gasteiger partial charge in [-0.3, -0.25) is 0 Å². The van der Waals surface area contributed by atoms with Crippen LogP contribution >= 0.6 is 0 Å². The van der Waals surface area contributed by atoms with Crippen molar-refractivity contribution in [2.45, 2.75) is 6.92 Å². The molecule has 0 aromatic carbocycles. The van der Waals surface area contributed by atoms with E-state index in [1.165, 1.54) is 6.21 Å². The fraction of sp³-hybridized carbons (Fsp3) is 0.143. The van der Waals surface area contributed by atoms with E-state index < -0.39 is 0 Å². The zero-order valence-corrected chi connectivity index (χ0v) is 5.65. The molecule has 0 spiro atoms. The van der Waals surface area contributed by atoms with E-state index in [-0.39, 0.29) is 0 Å². The van der Waals surface area contributed by atoms with Crippen LogP contribution in [0.15, 0.2) is 18.2 Å². The van der Waals surface area contributed by atoms with Gasteiger partial charge < -0.3 is 5.53 Å². The Hall–Kier alpha value is -1.47. The summed E-state index contributed by atoms with van der Waals surface area (Å²) in [4.78, 5) is 6.91. The Labute approximate surface area is 59.0 Å². The maximum Gasteiger partial charge on any atom is 0.305 e. The normalized spacial score (nSPS) is 8.50. The van der Waals surface area contributed by atoms with Crippen LogP contribution in [-0.4, -0.2) is 16.0 Å². The van der Waals surface area contributed by atoms with Crippen LogP contribution in [-0.2, 0) is 0 Å². The number of nitrogens with zero attached hydrogens (tertiary/aromatic N) is 3. The summed E-state index contributed by atoms with van der Waals surface area (Å²) >= 11 is 0. The molecule has 1 aromatic heterocycles. The second-order valence-electron chi connectivity index (χ2n) is 1.95. The fourth-order valence-electron chi connectivity index (χ4n) is 0.695. The highest BCUT2D eigenvalue weighted by atomic mass is 14.8. The first-order valence-electron chi connectivity index (χ1n) is 2.94. The standard InChI is InChI=1S/C7H7N3/c1-6-3-2-4-7(10-6)5-9-8/h2-5H,1H3. The first kappa shape index (κ1) is 6.65. The molecule has 0 bridgehead atoms. The van der Waals surface area contributed by atoms with E-state index in [2.05, 4.69) is 9.77 Å². The van der Waals surface area contributed by atoms with Crippen molar-refractivity contribution >= 4 is 6.21 Å². The molecule has 50 valence electrons. The summed E-state index contributed by atoms with van der Waals surface area (Å²) in [6.45, 7) is 1.88. The van der Waals surface area contributed by atoms with Crippen LogP contribution in [0.1, 0.15) is 11.4 Å². The molecule has 0 fully saturated rings. The highest BCUT2D eigenvalue weighted by Gasteiger charge is 1.91. The highest BCUT2D eigenvalue weighted by molar-refractivity contribution is 5.71. The fourth-order valence-corrected chi connectivity index (χ4v) is 0.695. The summed E-state index contributed by atoms with van der Waals surface area (Å²) in [6, 6.07) is 5.51. The molecule has 0 aliphatic heterocycles. The molecule has 1 heterocycles. The number of rotatable bonds is 1. The molecule has 1 rings (SSSR count). The number of aryl methyl sites for hydroxylation is 1. The first-order valence-corrected chi connectivity index (χ1v) is 2.94. The highest BCUT2D eigenvalue weighted by Crippen LogP contribution is 1.93. The van der Waals surface area contributed by atoms with Crippen LogP contribution in [0.5, 0.6) is 0 Å². The lowest BCUT2D eigenvalue weighted by atomic mass is 10.3. The summed E-state index contributed by atoms with van der Waals surface area (Å²) in [5, 5.41) is 0. The van der Waals surface area contributed by atoms with Crippen molar-refractivity contribution < 1.29 is 4.79 Å². The van der Waals surface area contributed by atoms with Crippen molar-refractivity contribution in [1.29, 1.82) is 0 Å². The topological polar surface area (TPSA) is 49.3 Å². The molecule has 0 aliphatic carbocycles. The summed E-state index contributed by atoms with van der Waals surface area (Å²) < 4.78 is 0. The molecule has 0 atom stereocenters. The summed E-state index contributed by atoms with van der Waals surface area (Å²) in [6.07, 6.45) is 1.30. The van der Waals surface area contributed by atoms with E-state index in [9.17, 15) is 0 Å². The van der Waals surface area contributed by atoms with Gasteiger partial charge in [0.1, 0.15) is 5.69 Å². The third-order valence-corrected chi connectivity index (χ3v) is 1.10. The van der Waals surface area contributed by atoms with Crippen molar-refractivity contribution in [2.24, 2.45) is 0 Å². The van der Waals surface area contributed by atoms with E-state index in [4.69, 9.17) is 5.53 Å². The van der Waals surface area contributed by atoms with Crippen LogP contribution in [0.2, 0.25) is 0 Å². The van der Waals surface area contributed by atoms with Gasteiger partial charge in [0.25, 0.3) is 0 Å². The van der Waals surface area contributed by atoms with Gasteiger partial charge in [0.05, 0.1) is 0 Å².